The van der Waals surface area contributed by atoms with Crippen LogP contribution in [-0.2, 0) is 4.74 Å². The number of halogens is 1. The lowest BCUT2D eigenvalue weighted by Gasteiger charge is -2.05. The van der Waals surface area contributed by atoms with E-state index in [2.05, 4.69) is 25.1 Å². The number of ether oxygens (including phenoxy) is 1. The van der Waals surface area contributed by atoms with E-state index >= 15 is 0 Å². The van der Waals surface area contributed by atoms with Gasteiger partial charge in [0.1, 0.15) is 5.82 Å². The average molecular weight is 248 g/mol. The number of carbonyl (C=O) groups is 1. The maximum atomic E-state index is 13.2. The summed E-state index contributed by atoms with van der Waals surface area (Å²) < 4.78 is 17.8. The van der Waals surface area contributed by atoms with Crippen LogP contribution >= 0.6 is 0 Å². The molecule has 0 saturated heterocycles. The molecule has 0 N–H and O–H groups in total. The number of hydrogen-bond donors (Lipinski definition) is 0. The van der Waals surface area contributed by atoms with Gasteiger partial charge in [0.2, 0.25) is 5.82 Å². The van der Waals surface area contributed by atoms with E-state index in [9.17, 15) is 9.18 Å². The number of carbonyl (C=O) groups excluding carboxylic acids is 1. The fourth-order valence-electron chi connectivity index (χ4n) is 1.38. The summed E-state index contributed by atoms with van der Waals surface area (Å²) in [4.78, 5) is 11.5. The number of benzene rings is 1. The summed E-state index contributed by atoms with van der Waals surface area (Å²) in [7, 11) is 1.24. The second-order valence-corrected chi connectivity index (χ2v) is 3.45. The lowest BCUT2D eigenvalue weighted by atomic mass is 10.1. The Balaban J connectivity index is 2.57. The molecule has 0 spiro atoms. The van der Waals surface area contributed by atoms with Crippen molar-refractivity contribution in [2.75, 3.05) is 7.11 Å². The van der Waals surface area contributed by atoms with E-state index in [1.54, 1.807) is 6.92 Å². The Morgan fingerprint density at radius 1 is 1.22 bits per heavy atom. The van der Waals surface area contributed by atoms with Crippen molar-refractivity contribution in [1.29, 1.82) is 0 Å². The normalized spacial score (nSPS) is 10.2. The minimum Gasteiger partial charge on any atom is -0.465 e. The van der Waals surface area contributed by atoms with Crippen LogP contribution in [0.4, 0.5) is 4.39 Å². The van der Waals surface area contributed by atoms with E-state index < -0.39 is 11.8 Å². The molecule has 7 heteroatoms. The fourth-order valence-corrected chi connectivity index (χ4v) is 1.38. The molecular formula is C11H9FN4O2. The number of aromatic nitrogens is 4. The van der Waals surface area contributed by atoms with Crippen LogP contribution in [0.3, 0.4) is 0 Å². The number of esters is 1. The van der Waals surface area contributed by atoms with Crippen LogP contribution in [-0.4, -0.2) is 33.5 Å². The van der Waals surface area contributed by atoms with Gasteiger partial charge in [0.15, 0.2) is 5.82 Å². The summed E-state index contributed by atoms with van der Waals surface area (Å²) in [5, 5.41) is 15.0. The number of nitrogens with zero attached hydrogens (tertiary/aromatic N) is 4. The summed E-state index contributed by atoms with van der Waals surface area (Å²) in [6.07, 6.45) is 0. The van der Waals surface area contributed by atoms with Crippen LogP contribution in [0.25, 0.3) is 11.4 Å². The smallest absolute Gasteiger partial charge is 0.338 e. The van der Waals surface area contributed by atoms with Gasteiger partial charge < -0.3 is 4.74 Å². The number of aryl methyl sites for hydroxylation is 1. The molecule has 0 saturated carbocycles. The van der Waals surface area contributed by atoms with Crippen molar-refractivity contribution >= 4 is 5.97 Å². The topological polar surface area (TPSA) is 77.9 Å². The third kappa shape index (κ3) is 2.29. The second kappa shape index (κ2) is 4.82. The zero-order chi connectivity index (χ0) is 13.1. The molecule has 0 aliphatic rings. The van der Waals surface area contributed by atoms with Crippen LogP contribution in [0.5, 0.6) is 0 Å². The number of hydrogen-bond acceptors (Lipinski definition) is 6. The molecule has 0 fully saturated rings. The Bertz CT molecular complexity index is 586. The summed E-state index contributed by atoms with van der Waals surface area (Å²) in [6.45, 7) is 1.62. The molecule has 1 heterocycles. The highest BCUT2D eigenvalue weighted by Gasteiger charge is 2.16. The van der Waals surface area contributed by atoms with E-state index in [-0.39, 0.29) is 17.0 Å². The van der Waals surface area contributed by atoms with Crippen LogP contribution in [0, 0.1) is 12.7 Å². The van der Waals surface area contributed by atoms with Gasteiger partial charge >= 0.3 is 5.97 Å². The molecule has 1 aromatic carbocycles. The van der Waals surface area contributed by atoms with Gasteiger partial charge in [-0.2, -0.15) is 0 Å². The van der Waals surface area contributed by atoms with Gasteiger partial charge in [0.05, 0.1) is 12.7 Å². The summed E-state index contributed by atoms with van der Waals surface area (Å²) in [5.41, 5.74) is 0.355. The molecule has 0 aliphatic carbocycles. The monoisotopic (exact) mass is 248 g/mol. The van der Waals surface area contributed by atoms with Gasteiger partial charge in [-0.05, 0) is 25.1 Å². The molecule has 0 radical (unpaired) electrons. The average Bonchev–Trinajstić information content (AvgIpc) is 2.38. The standard InChI is InChI=1S/C11H9FN4O2/c1-6-13-15-10(16-14-6)9-5-7(12)3-4-8(9)11(17)18-2/h3-5H,1-2H3. The first-order valence-electron chi connectivity index (χ1n) is 5.04. The van der Waals surface area contributed by atoms with Crippen molar-refractivity contribution < 1.29 is 13.9 Å². The maximum Gasteiger partial charge on any atom is 0.338 e. The molecule has 2 aromatic rings. The van der Waals surface area contributed by atoms with Crippen molar-refractivity contribution in [3.05, 3.63) is 35.4 Å². The largest absolute Gasteiger partial charge is 0.465 e. The molecule has 0 amide bonds. The van der Waals surface area contributed by atoms with Gasteiger partial charge in [-0.1, -0.05) is 0 Å². The van der Waals surface area contributed by atoms with E-state index in [4.69, 9.17) is 0 Å². The van der Waals surface area contributed by atoms with Crippen LogP contribution in [0.15, 0.2) is 18.2 Å². The number of methoxy groups -OCH3 is 1. The zero-order valence-electron chi connectivity index (χ0n) is 9.72. The molecule has 0 atom stereocenters. The Labute approximate surface area is 102 Å². The summed E-state index contributed by atoms with van der Waals surface area (Å²) >= 11 is 0. The second-order valence-electron chi connectivity index (χ2n) is 3.45. The van der Waals surface area contributed by atoms with Crippen LogP contribution in [0.2, 0.25) is 0 Å². The molecule has 0 unspecified atom stereocenters. The molecule has 0 aliphatic heterocycles. The Morgan fingerprint density at radius 3 is 2.50 bits per heavy atom. The Hall–Kier alpha value is -2.44. The van der Waals surface area contributed by atoms with Gasteiger partial charge in [-0.3, -0.25) is 0 Å². The fraction of sp³-hybridized carbons (Fsp3) is 0.182. The minimum atomic E-state index is -0.603. The van der Waals surface area contributed by atoms with Crippen molar-refractivity contribution in [1.82, 2.24) is 20.4 Å². The third-order valence-electron chi connectivity index (χ3n) is 2.21. The zero-order valence-corrected chi connectivity index (χ0v) is 9.72. The Kier molecular flexibility index (Phi) is 3.22. The van der Waals surface area contributed by atoms with E-state index in [1.807, 2.05) is 0 Å². The number of rotatable bonds is 2. The lowest BCUT2D eigenvalue weighted by Crippen LogP contribution is -2.07. The van der Waals surface area contributed by atoms with Gasteiger partial charge in [-0.15, -0.1) is 20.4 Å². The van der Waals surface area contributed by atoms with E-state index in [1.165, 1.54) is 13.2 Å². The highest BCUT2D eigenvalue weighted by Crippen LogP contribution is 2.21. The molecule has 1 aromatic heterocycles. The quantitative estimate of drug-likeness (QED) is 0.742. The van der Waals surface area contributed by atoms with Crippen molar-refractivity contribution in [2.45, 2.75) is 6.92 Å². The highest BCUT2D eigenvalue weighted by atomic mass is 19.1. The predicted molar refractivity (Wildman–Crippen MR) is 59.1 cm³/mol. The minimum absolute atomic E-state index is 0.0699. The first-order valence-corrected chi connectivity index (χ1v) is 5.04. The van der Waals surface area contributed by atoms with Crippen molar-refractivity contribution in [2.24, 2.45) is 0 Å². The van der Waals surface area contributed by atoms with Gasteiger partial charge in [-0.25, -0.2) is 9.18 Å². The highest BCUT2D eigenvalue weighted by molar-refractivity contribution is 5.96. The van der Waals surface area contributed by atoms with Crippen molar-refractivity contribution in [3.8, 4) is 11.4 Å². The molecule has 92 valence electrons. The molecule has 6 nitrogen and oxygen atoms in total. The van der Waals surface area contributed by atoms with Crippen LogP contribution in [0.1, 0.15) is 16.2 Å². The molecule has 0 bridgehead atoms. The van der Waals surface area contributed by atoms with Gasteiger partial charge in [0, 0.05) is 5.56 Å². The predicted octanol–water partition coefficient (Wildman–Crippen LogP) is 1.17. The van der Waals surface area contributed by atoms with Crippen molar-refractivity contribution in [3.63, 3.8) is 0 Å². The SMILES string of the molecule is COC(=O)c1ccc(F)cc1-c1nnc(C)nn1. The molecule has 2 rings (SSSR count). The first kappa shape index (κ1) is 12.0. The first-order chi connectivity index (χ1) is 8.61. The maximum absolute atomic E-state index is 13.2. The Morgan fingerprint density at radius 2 is 1.89 bits per heavy atom. The van der Waals surface area contributed by atoms with E-state index in [0.717, 1.165) is 12.1 Å². The van der Waals surface area contributed by atoms with E-state index in [0.29, 0.717) is 5.82 Å². The van der Waals surface area contributed by atoms with Crippen LogP contribution < -0.4 is 0 Å². The third-order valence-corrected chi connectivity index (χ3v) is 2.21. The summed E-state index contributed by atoms with van der Waals surface area (Å²) in [6, 6.07) is 3.60. The lowest BCUT2D eigenvalue weighted by molar-refractivity contribution is 0.0601. The van der Waals surface area contributed by atoms with Gasteiger partial charge in [0.25, 0.3) is 0 Å². The summed E-state index contributed by atoms with van der Waals surface area (Å²) in [5.74, 6) is -0.661. The molecular weight excluding hydrogens is 239 g/mol. The molecule has 18 heavy (non-hydrogen) atoms.